The van der Waals surface area contributed by atoms with Gasteiger partial charge in [-0.05, 0) is 41.1 Å². The summed E-state index contributed by atoms with van der Waals surface area (Å²) in [5, 5.41) is 1.26. The molecule has 2 heteroatoms. The molecule has 0 fully saturated rings. The van der Waals surface area contributed by atoms with E-state index < -0.39 is 0 Å². The van der Waals surface area contributed by atoms with Crippen molar-refractivity contribution < 1.29 is 0 Å². The first-order valence-corrected chi connectivity index (χ1v) is 5.37. The Bertz CT molecular complexity index is 596. The zero-order valence-electron chi connectivity index (χ0n) is 8.85. The van der Waals surface area contributed by atoms with Gasteiger partial charge in [0.25, 0.3) is 0 Å². The van der Waals surface area contributed by atoms with E-state index in [0.29, 0.717) is 0 Å². The SMILES string of the molecule is c1cncc(Cc2ccc3cc[nH]c3c2)c1. The number of aromatic amines is 1. The van der Waals surface area contributed by atoms with Crippen LogP contribution in [0, 0.1) is 0 Å². The summed E-state index contributed by atoms with van der Waals surface area (Å²) in [6, 6.07) is 12.7. The topological polar surface area (TPSA) is 28.7 Å². The molecule has 78 valence electrons. The molecular formula is C14H12N2. The van der Waals surface area contributed by atoms with Crippen LogP contribution in [0.25, 0.3) is 10.9 Å². The Labute approximate surface area is 94.0 Å². The number of fused-ring (bicyclic) bond motifs is 1. The Morgan fingerprint density at radius 1 is 1.06 bits per heavy atom. The fourth-order valence-electron chi connectivity index (χ4n) is 1.94. The molecule has 0 spiro atoms. The molecule has 0 saturated heterocycles. The fraction of sp³-hybridized carbons (Fsp3) is 0.0714. The molecule has 0 saturated carbocycles. The van der Waals surface area contributed by atoms with Crippen LogP contribution in [0.5, 0.6) is 0 Å². The molecule has 1 N–H and O–H groups in total. The van der Waals surface area contributed by atoms with Crippen LogP contribution in [-0.2, 0) is 6.42 Å². The highest BCUT2D eigenvalue weighted by Crippen LogP contribution is 2.16. The zero-order chi connectivity index (χ0) is 10.8. The molecule has 3 rings (SSSR count). The lowest BCUT2D eigenvalue weighted by molar-refractivity contribution is 1.15. The van der Waals surface area contributed by atoms with Gasteiger partial charge in [0.05, 0.1) is 0 Å². The van der Waals surface area contributed by atoms with Gasteiger partial charge in [0.1, 0.15) is 0 Å². The van der Waals surface area contributed by atoms with Crippen LogP contribution in [0.2, 0.25) is 0 Å². The number of nitrogens with zero attached hydrogens (tertiary/aromatic N) is 1. The Morgan fingerprint density at radius 2 is 2.06 bits per heavy atom. The van der Waals surface area contributed by atoms with E-state index in [-0.39, 0.29) is 0 Å². The summed E-state index contributed by atoms with van der Waals surface area (Å²) >= 11 is 0. The van der Waals surface area contributed by atoms with Crippen molar-refractivity contribution in [2.75, 3.05) is 0 Å². The van der Waals surface area contributed by atoms with E-state index in [1.807, 2.05) is 18.5 Å². The number of hydrogen-bond donors (Lipinski definition) is 1. The molecule has 0 amide bonds. The van der Waals surface area contributed by atoms with Crippen LogP contribution >= 0.6 is 0 Å². The maximum absolute atomic E-state index is 4.13. The second-order valence-electron chi connectivity index (χ2n) is 3.94. The standard InChI is InChI=1S/C14H12N2/c1-2-12(10-15-6-1)8-11-3-4-13-5-7-16-14(13)9-11/h1-7,9-10,16H,8H2. The Balaban J connectivity index is 1.94. The number of pyridine rings is 1. The smallest absolute Gasteiger partial charge is 0.0456 e. The van der Waals surface area contributed by atoms with Crippen molar-refractivity contribution in [3.05, 3.63) is 66.1 Å². The zero-order valence-corrected chi connectivity index (χ0v) is 8.85. The van der Waals surface area contributed by atoms with Crippen molar-refractivity contribution in [2.24, 2.45) is 0 Å². The van der Waals surface area contributed by atoms with E-state index >= 15 is 0 Å². The summed E-state index contributed by atoms with van der Waals surface area (Å²) in [5.41, 5.74) is 3.75. The Morgan fingerprint density at radius 3 is 2.94 bits per heavy atom. The predicted octanol–water partition coefficient (Wildman–Crippen LogP) is 3.15. The highest BCUT2D eigenvalue weighted by molar-refractivity contribution is 5.79. The van der Waals surface area contributed by atoms with Crippen LogP contribution in [0.3, 0.4) is 0 Å². The first kappa shape index (κ1) is 9.16. The second kappa shape index (κ2) is 3.81. The lowest BCUT2D eigenvalue weighted by Gasteiger charge is -2.01. The van der Waals surface area contributed by atoms with Gasteiger partial charge in [-0.15, -0.1) is 0 Å². The lowest BCUT2D eigenvalue weighted by atomic mass is 10.1. The summed E-state index contributed by atoms with van der Waals surface area (Å²) in [4.78, 5) is 7.36. The van der Waals surface area contributed by atoms with Gasteiger partial charge < -0.3 is 4.98 Å². The average Bonchev–Trinajstić information content (AvgIpc) is 2.77. The molecule has 2 nitrogen and oxygen atoms in total. The second-order valence-corrected chi connectivity index (χ2v) is 3.94. The summed E-state index contributed by atoms with van der Waals surface area (Å²) < 4.78 is 0. The maximum Gasteiger partial charge on any atom is 0.0456 e. The minimum absolute atomic E-state index is 0.933. The van der Waals surface area contributed by atoms with Crippen LogP contribution in [-0.4, -0.2) is 9.97 Å². The summed E-state index contributed by atoms with van der Waals surface area (Å²) in [7, 11) is 0. The highest BCUT2D eigenvalue weighted by atomic mass is 14.7. The summed E-state index contributed by atoms with van der Waals surface area (Å²) in [5.74, 6) is 0. The van der Waals surface area contributed by atoms with E-state index in [1.54, 1.807) is 6.20 Å². The largest absolute Gasteiger partial charge is 0.361 e. The molecule has 16 heavy (non-hydrogen) atoms. The average molecular weight is 208 g/mol. The fourth-order valence-corrected chi connectivity index (χ4v) is 1.94. The van der Waals surface area contributed by atoms with Gasteiger partial charge in [0.2, 0.25) is 0 Å². The van der Waals surface area contributed by atoms with E-state index in [9.17, 15) is 0 Å². The van der Waals surface area contributed by atoms with Crippen molar-refractivity contribution >= 4 is 10.9 Å². The minimum atomic E-state index is 0.933. The molecule has 2 aromatic heterocycles. The molecule has 0 unspecified atom stereocenters. The van der Waals surface area contributed by atoms with Crippen molar-refractivity contribution in [1.29, 1.82) is 0 Å². The quantitative estimate of drug-likeness (QED) is 0.688. The van der Waals surface area contributed by atoms with Crippen LogP contribution in [0.1, 0.15) is 11.1 Å². The molecule has 0 radical (unpaired) electrons. The first-order valence-electron chi connectivity index (χ1n) is 5.37. The van der Waals surface area contributed by atoms with Crippen LogP contribution < -0.4 is 0 Å². The van der Waals surface area contributed by atoms with Crippen LogP contribution in [0.15, 0.2) is 55.0 Å². The molecule has 1 aromatic carbocycles. The van der Waals surface area contributed by atoms with Gasteiger partial charge in [-0.3, -0.25) is 4.98 Å². The molecule has 3 aromatic rings. The third-order valence-electron chi connectivity index (χ3n) is 2.75. The van der Waals surface area contributed by atoms with Crippen molar-refractivity contribution in [1.82, 2.24) is 9.97 Å². The van der Waals surface area contributed by atoms with E-state index in [0.717, 1.165) is 6.42 Å². The van der Waals surface area contributed by atoms with E-state index in [2.05, 4.69) is 40.3 Å². The number of hydrogen-bond acceptors (Lipinski definition) is 1. The Kier molecular flexibility index (Phi) is 2.18. The van der Waals surface area contributed by atoms with E-state index in [4.69, 9.17) is 0 Å². The van der Waals surface area contributed by atoms with Gasteiger partial charge in [0, 0.05) is 24.1 Å². The highest BCUT2D eigenvalue weighted by Gasteiger charge is 1.98. The molecule has 0 bridgehead atoms. The Hall–Kier alpha value is -2.09. The number of aromatic nitrogens is 2. The van der Waals surface area contributed by atoms with Crippen molar-refractivity contribution in [2.45, 2.75) is 6.42 Å². The lowest BCUT2D eigenvalue weighted by Crippen LogP contribution is -1.88. The minimum Gasteiger partial charge on any atom is -0.361 e. The summed E-state index contributed by atoms with van der Waals surface area (Å²) in [6.45, 7) is 0. The van der Waals surface area contributed by atoms with Gasteiger partial charge in [-0.25, -0.2) is 0 Å². The first-order chi connectivity index (χ1) is 7.92. The van der Waals surface area contributed by atoms with Crippen molar-refractivity contribution in [3.63, 3.8) is 0 Å². The van der Waals surface area contributed by atoms with Gasteiger partial charge >= 0.3 is 0 Å². The summed E-state index contributed by atoms with van der Waals surface area (Å²) in [6.07, 6.45) is 6.62. The number of nitrogens with one attached hydrogen (secondary N) is 1. The predicted molar refractivity (Wildman–Crippen MR) is 65.3 cm³/mol. The third kappa shape index (κ3) is 1.70. The van der Waals surface area contributed by atoms with Crippen LogP contribution in [0.4, 0.5) is 0 Å². The number of rotatable bonds is 2. The third-order valence-corrected chi connectivity index (χ3v) is 2.75. The molecule has 0 aliphatic rings. The maximum atomic E-state index is 4.13. The van der Waals surface area contributed by atoms with Crippen molar-refractivity contribution in [3.8, 4) is 0 Å². The molecule has 0 atom stereocenters. The van der Waals surface area contributed by atoms with Gasteiger partial charge in [0.15, 0.2) is 0 Å². The van der Waals surface area contributed by atoms with Gasteiger partial charge in [-0.2, -0.15) is 0 Å². The number of benzene rings is 1. The molecule has 2 heterocycles. The molecular weight excluding hydrogens is 196 g/mol. The normalized spacial score (nSPS) is 10.8. The van der Waals surface area contributed by atoms with Gasteiger partial charge in [-0.1, -0.05) is 18.2 Å². The van der Waals surface area contributed by atoms with E-state index in [1.165, 1.54) is 22.0 Å². The number of H-pyrrole nitrogens is 1. The molecule has 0 aliphatic carbocycles. The monoisotopic (exact) mass is 208 g/mol. The molecule has 0 aliphatic heterocycles.